The molecule has 0 unspecified atom stereocenters. The first kappa shape index (κ1) is 11.5. The van der Waals surface area contributed by atoms with E-state index in [0.717, 1.165) is 6.42 Å². The van der Waals surface area contributed by atoms with Gasteiger partial charge in [-0.25, -0.2) is 0 Å². The number of hydrogen-bond donors (Lipinski definition) is 0. The van der Waals surface area contributed by atoms with Crippen LogP contribution >= 0.6 is 0 Å². The minimum Gasteiger partial charge on any atom is -0.462 e. The van der Waals surface area contributed by atoms with E-state index in [1.165, 1.54) is 0 Å². The van der Waals surface area contributed by atoms with Crippen LogP contribution in [0.2, 0.25) is 0 Å². The predicted octanol–water partition coefficient (Wildman–Crippen LogP) is 3.01. The molecule has 1 saturated carbocycles. The molecule has 1 aliphatic rings. The van der Waals surface area contributed by atoms with E-state index in [9.17, 15) is 4.79 Å². The smallest absolute Gasteiger partial charge is 0.305 e. The quantitative estimate of drug-likeness (QED) is 0.637. The molecule has 0 aromatic rings. The van der Waals surface area contributed by atoms with Gasteiger partial charge in [0.15, 0.2) is 0 Å². The zero-order valence-electron chi connectivity index (χ0n) is 9.96. The molecule has 3 atom stereocenters. The van der Waals surface area contributed by atoms with E-state index in [4.69, 9.17) is 4.74 Å². The summed E-state index contributed by atoms with van der Waals surface area (Å²) in [5, 5.41) is 0. The SMILES string of the molecule is CCC(=O)O[C@@H]1CC(C)(C)[C@@H](C)[C@H]1C. The Morgan fingerprint density at radius 1 is 1.43 bits per heavy atom. The molecule has 14 heavy (non-hydrogen) atoms. The number of carbonyl (C=O) groups excluding carboxylic acids is 1. The molecule has 0 aromatic heterocycles. The topological polar surface area (TPSA) is 26.3 Å². The van der Waals surface area contributed by atoms with E-state index in [-0.39, 0.29) is 12.1 Å². The predicted molar refractivity (Wildman–Crippen MR) is 56.9 cm³/mol. The van der Waals surface area contributed by atoms with Crippen LogP contribution in [-0.2, 0) is 9.53 Å². The summed E-state index contributed by atoms with van der Waals surface area (Å²) in [7, 11) is 0. The molecule has 0 heterocycles. The van der Waals surface area contributed by atoms with Gasteiger partial charge in [0.05, 0.1) is 0 Å². The number of rotatable bonds is 2. The van der Waals surface area contributed by atoms with Crippen LogP contribution in [0, 0.1) is 17.3 Å². The zero-order valence-corrected chi connectivity index (χ0v) is 9.96. The van der Waals surface area contributed by atoms with Gasteiger partial charge >= 0.3 is 5.97 Å². The first-order valence-electron chi connectivity index (χ1n) is 5.58. The second-order valence-corrected chi connectivity index (χ2v) is 5.22. The lowest BCUT2D eigenvalue weighted by Gasteiger charge is -2.24. The fraction of sp³-hybridized carbons (Fsp3) is 0.917. The Kier molecular flexibility index (Phi) is 3.23. The maximum Gasteiger partial charge on any atom is 0.305 e. The Hall–Kier alpha value is -0.530. The summed E-state index contributed by atoms with van der Waals surface area (Å²) in [5.74, 6) is 1.05. The van der Waals surface area contributed by atoms with E-state index < -0.39 is 0 Å². The summed E-state index contributed by atoms with van der Waals surface area (Å²) in [4.78, 5) is 11.2. The number of hydrogen-bond acceptors (Lipinski definition) is 2. The Balaban J connectivity index is 2.62. The highest BCUT2D eigenvalue weighted by Crippen LogP contribution is 2.47. The van der Waals surface area contributed by atoms with Crippen LogP contribution in [0.5, 0.6) is 0 Å². The molecule has 0 N–H and O–H groups in total. The maximum atomic E-state index is 11.2. The lowest BCUT2D eigenvalue weighted by atomic mass is 9.81. The summed E-state index contributed by atoms with van der Waals surface area (Å²) >= 11 is 0. The Morgan fingerprint density at radius 2 is 2.00 bits per heavy atom. The second kappa shape index (κ2) is 3.92. The van der Waals surface area contributed by atoms with E-state index in [2.05, 4.69) is 27.7 Å². The number of ether oxygens (including phenoxy) is 1. The Bertz CT molecular complexity index is 220. The fourth-order valence-electron chi connectivity index (χ4n) is 2.33. The Labute approximate surface area is 87.0 Å². The van der Waals surface area contributed by atoms with Gasteiger partial charge in [-0.15, -0.1) is 0 Å². The average molecular weight is 198 g/mol. The Morgan fingerprint density at radius 3 is 2.36 bits per heavy atom. The lowest BCUT2D eigenvalue weighted by Crippen LogP contribution is -2.21. The molecule has 1 fully saturated rings. The molecule has 2 heteroatoms. The van der Waals surface area contributed by atoms with Crippen LogP contribution in [0.3, 0.4) is 0 Å². The van der Waals surface area contributed by atoms with E-state index in [1.807, 2.05) is 6.92 Å². The van der Waals surface area contributed by atoms with Crippen molar-refractivity contribution < 1.29 is 9.53 Å². The molecule has 2 nitrogen and oxygen atoms in total. The zero-order chi connectivity index (χ0) is 10.9. The molecule has 0 amide bonds. The molecule has 0 aromatic carbocycles. The highest BCUT2D eigenvalue weighted by molar-refractivity contribution is 5.69. The van der Waals surface area contributed by atoms with Gasteiger partial charge in [-0.2, -0.15) is 0 Å². The van der Waals surface area contributed by atoms with E-state index >= 15 is 0 Å². The first-order chi connectivity index (χ1) is 6.38. The third kappa shape index (κ3) is 2.10. The van der Waals surface area contributed by atoms with Crippen molar-refractivity contribution in [1.82, 2.24) is 0 Å². The molecule has 1 aliphatic carbocycles. The standard InChI is InChI=1S/C12H22O2/c1-6-11(13)14-10-7-12(4,5)9(3)8(10)2/h8-10H,6-7H2,1-5H3/t8-,9+,10-/m1/s1. The number of esters is 1. The van der Waals surface area contributed by atoms with Gasteiger partial charge in [0, 0.05) is 6.42 Å². The molecular weight excluding hydrogens is 176 g/mol. The lowest BCUT2D eigenvalue weighted by molar-refractivity contribution is -0.150. The van der Waals surface area contributed by atoms with Gasteiger partial charge in [0.2, 0.25) is 0 Å². The van der Waals surface area contributed by atoms with Crippen LogP contribution in [0.4, 0.5) is 0 Å². The van der Waals surface area contributed by atoms with Crippen molar-refractivity contribution in [1.29, 1.82) is 0 Å². The molecule has 0 bridgehead atoms. The first-order valence-corrected chi connectivity index (χ1v) is 5.58. The summed E-state index contributed by atoms with van der Waals surface area (Å²) in [6, 6.07) is 0. The maximum absolute atomic E-state index is 11.2. The van der Waals surface area contributed by atoms with Crippen molar-refractivity contribution in [3.63, 3.8) is 0 Å². The summed E-state index contributed by atoms with van der Waals surface area (Å²) in [5.41, 5.74) is 0.304. The summed E-state index contributed by atoms with van der Waals surface area (Å²) < 4.78 is 5.44. The molecule has 82 valence electrons. The molecule has 0 saturated heterocycles. The monoisotopic (exact) mass is 198 g/mol. The van der Waals surface area contributed by atoms with Crippen molar-refractivity contribution in [3.8, 4) is 0 Å². The fourth-order valence-corrected chi connectivity index (χ4v) is 2.33. The third-order valence-corrected chi connectivity index (χ3v) is 3.91. The molecular formula is C12H22O2. The van der Waals surface area contributed by atoms with Gasteiger partial charge in [-0.1, -0.05) is 34.6 Å². The van der Waals surface area contributed by atoms with Gasteiger partial charge < -0.3 is 4.74 Å². The highest BCUT2D eigenvalue weighted by atomic mass is 16.5. The third-order valence-electron chi connectivity index (χ3n) is 3.91. The van der Waals surface area contributed by atoms with Gasteiger partial charge in [0.25, 0.3) is 0 Å². The molecule has 0 aliphatic heterocycles. The number of carbonyl (C=O) groups is 1. The van der Waals surface area contributed by atoms with Crippen molar-refractivity contribution in [2.45, 2.75) is 53.6 Å². The molecule has 0 spiro atoms. The minimum absolute atomic E-state index is 0.0632. The van der Waals surface area contributed by atoms with Crippen molar-refractivity contribution in [3.05, 3.63) is 0 Å². The largest absolute Gasteiger partial charge is 0.462 e. The summed E-state index contributed by atoms with van der Waals surface area (Å²) in [6.07, 6.45) is 1.62. The van der Waals surface area contributed by atoms with E-state index in [1.54, 1.807) is 0 Å². The van der Waals surface area contributed by atoms with Crippen LogP contribution in [-0.4, -0.2) is 12.1 Å². The molecule has 1 rings (SSSR count). The van der Waals surface area contributed by atoms with Crippen LogP contribution < -0.4 is 0 Å². The van der Waals surface area contributed by atoms with Gasteiger partial charge in [-0.05, 0) is 23.7 Å². The normalized spacial score (nSPS) is 35.6. The van der Waals surface area contributed by atoms with E-state index in [0.29, 0.717) is 23.7 Å². The summed E-state index contributed by atoms with van der Waals surface area (Å²) in [6.45, 7) is 10.8. The van der Waals surface area contributed by atoms with Crippen molar-refractivity contribution in [2.24, 2.45) is 17.3 Å². The van der Waals surface area contributed by atoms with Crippen LogP contribution in [0.1, 0.15) is 47.5 Å². The molecule has 0 radical (unpaired) electrons. The van der Waals surface area contributed by atoms with Crippen molar-refractivity contribution >= 4 is 5.97 Å². The van der Waals surface area contributed by atoms with Crippen LogP contribution in [0.15, 0.2) is 0 Å². The average Bonchev–Trinajstić information content (AvgIpc) is 2.30. The van der Waals surface area contributed by atoms with Gasteiger partial charge in [-0.3, -0.25) is 4.79 Å². The second-order valence-electron chi connectivity index (χ2n) is 5.22. The van der Waals surface area contributed by atoms with Crippen molar-refractivity contribution in [2.75, 3.05) is 0 Å². The van der Waals surface area contributed by atoms with Crippen LogP contribution in [0.25, 0.3) is 0 Å². The minimum atomic E-state index is -0.0632. The van der Waals surface area contributed by atoms with Gasteiger partial charge in [0.1, 0.15) is 6.10 Å². The highest BCUT2D eigenvalue weighted by Gasteiger charge is 2.44.